The quantitative estimate of drug-likeness (QED) is 0.513. The van der Waals surface area contributed by atoms with Crippen LogP contribution in [0.2, 0.25) is 5.02 Å². The number of H-pyrrole nitrogens is 1. The van der Waals surface area contributed by atoms with E-state index in [0.717, 1.165) is 45.8 Å². The van der Waals surface area contributed by atoms with Crippen LogP contribution in [-0.2, 0) is 18.6 Å². The molecule has 1 unspecified atom stereocenters. The lowest BCUT2D eigenvalue weighted by molar-refractivity contribution is 0.509. The Bertz CT molecular complexity index is 963. The summed E-state index contributed by atoms with van der Waals surface area (Å²) in [5.74, 6) is 1.43. The zero-order valence-corrected chi connectivity index (χ0v) is 15.7. The molecule has 0 radical (unpaired) electrons. The number of thiophene rings is 1. The predicted octanol–water partition coefficient (Wildman–Crippen LogP) is 5.06. The molecule has 0 saturated carbocycles. The predicted molar refractivity (Wildman–Crippen MR) is 102 cm³/mol. The van der Waals surface area contributed by atoms with Crippen LogP contribution < -0.4 is 5.56 Å². The van der Waals surface area contributed by atoms with E-state index in [0.29, 0.717) is 11.1 Å². The number of halogens is 1. The standard InChI is InChI=1S/C18H17ClN2OS2/c1-10-5-6-13-14(7-10)24-17-15(13)16(22)20-18(21-17)23-9-11-3-2-4-12(19)8-11/h2-4,8,10H,5-7,9H2,1H3,(H,20,21,22). The molecule has 3 nitrogen and oxygen atoms in total. The number of aromatic nitrogens is 2. The van der Waals surface area contributed by atoms with Gasteiger partial charge in [0, 0.05) is 15.7 Å². The number of nitrogens with zero attached hydrogens (tertiary/aromatic N) is 1. The summed E-state index contributed by atoms with van der Waals surface area (Å²) in [6.07, 6.45) is 3.22. The van der Waals surface area contributed by atoms with Crippen molar-refractivity contribution in [2.24, 2.45) is 5.92 Å². The summed E-state index contributed by atoms with van der Waals surface area (Å²) in [6.45, 7) is 2.28. The molecule has 0 spiro atoms. The van der Waals surface area contributed by atoms with Crippen molar-refractivity contribution in [3.63, 3.8) is 0 Å². The summed E-state index contributed by atoms with van der Waals surface area (Å²) in [6, 6.07) is 7.77. The van der Waals surface area contributed by atoms with Crippen molar-refractivity contribution in [3.05, 3.63) is 55.6 Å². The zero-order chi connectivity index (χ0) is 16.7. The largest absolute Gasteiger partial charge is 0.301 e. The Morgan fingerprint density at radius 3 is 3.17 bits per heavy atom. The number of fused-ring (bicyclic) bond motifs is 3. The van der Waals surface area contributed by atoms with Crippen molar-refractivity contribution < 1.29 is 0 Å². The van der Waals surface area contributed by atoms with Gasteiger partial charge in [0.15, 0.2) is 5.16 Å². The zero-order valence-electron chi connectivity index (χ0n) is 13.3. The summed E-state index contributed by atoms with van der Waals surface area (Å²) in [5.41, 5.74) is 2.35. The van der Waals surface area contributed by atoms with Gasteiger partial charge >= 0.3 is 0 Å². The fraction of sp³-hybridized carbons (Fsp3) is 0.333. The van der Waals surface area contributed by atoms with E-state index >= 15 is 0 Å². The van der Waals surface area contributed by atoms with Gasteiger partial charge in [-0.05, 0) is 48.4 Å². The number of thioether (sulfide) groups is 1. The second-order valence-electron chi connectivity index (χ2n) is 6.32. The highest BCUT2D eigenvalue weighted by Gasteiger charge is 2.23. The number of nitrogens with one attached hydrogen (secondary N) is 1. The second kappa shape index (κ2) is 6.54. The Morgan fingerprint density at radius 1 is 1.46 bits per heavy atom. The molecule has 0 aliphatic heterocycles. The molecule has 0 saturated heterocycles. The van der Waals surface area contributed by atoms with Gasteiger partial charge in [-0.25, -0.2) is 4.98 Å². The van der Waals surface area contributed by atoms with Gasteiger partial charge in [-0.3, -0.25) is 4.79 Å². The molecule has 1 N–H and O–H groups in total. The molecule has 1 atom stereocenters. The smallest absolute Gasteiger partial charge is 0.260 e. The summed E-state index contributed by atoms with van der Waals surface area (Å²) < 4.78 is 0. The third kappa shape index (κ3) is 3.13. The summed E-state index contributed by atoms with van der Waals surface area (Å²) >= 11 is 9.25. The first-order valence-corrected chi connectivity index (χ1v) is 10.2. The Morgan fingerprint density at radius 2 is 2.33 bits per heavy atom. The Balaban J connectivity index is 1.64. The molecule has 0 amide bonds. The lowest BCUT2D eigenvalue weighted by Gasteiger charge is -2.17. The van der Waals surface area contributed by atoms with E-state index in [1.165, 1.54) is 22.2 Å². The van der Waals surface area contributed by atoms with Gasteiger partial charge in [0.05, 0.1) is 5.39 Å². The summed E-state index contributed by atoms with van der Waals surface area (Å²) in [4.78, 5) is 22.4. The van der Waals surface area contributed by atoms with Crippen LogP contribution in [0.5, 0.6) is 0 Å². The summed E-state index contributed by atoms with van der Waals surface area (Å²) in [5, 5.41) is 2.22. The number of hydrogen-bond donors (Lipinski definition) is 1. The van der Waals surface area contributed by atoms with Crippen molar-refractivity contribution in [2.45, 2.75) is 37.1 Å². The number of aromatic amines is 1. The van der Waals surface area contributed by atoms with Crippen LogP contribution in [0, 0.1) is 5.92 Å². The van der Waals surface area contributed by atoms with Crippen LogP contribution in [0.3, 0.4) is 0 Å². The SMILES string of the molecule is CC1CCc2c(sc3nc(SCc4cccc(Cl)c4)[nH]c(=O)c23)C1. The van der Waals surface area contributed by atoms with Gasteiger partial charge in [-0.2, -0.15) is 0 Å². The first-order chi connectivity index (χ1) is 11.6. The molecule has 24 heavy (non-hydrogen) atoms. The number of benzene rings is 1. The topological polar surface area (TPSA) is 45.8 Å². The third-order valence-corrected chi connectivity index (χ3v) is 6.74. The molecule has 3 aromatic rings. The highest BCUT2D eigenvalue weighted by atomic mass is 35.5. The molecule has 1 aromatic carbocycles. The van der Waals surface area contributed by atoms with Gasteiger partial charge in [0.25, 0.3) is 5.56 Å². The van der Waals surface area contributed by atoms with Gasteiger partial charge in [-0.1, -0.05) is 42.4 Å². The fourth-order valence-corrected chi connectivity index (χ4v) is 5.63. The molecule has 0 bridgehead atoms. The first kappa shape index (κ1) is 16.2. The number of rotatable bonds is 3. The maximum atomic E-state index is 12.6. The molecule has 0 fully saturated rings. The van der Waals surface area contributed by atoms with Crippen LogP contribution >= 0.6 is 34.7 Å². The van der Waals surface area contributed by atoms with Crippen molar-refractivity contribution in [1.29, 1.82) is 0 Å². The number of aryl methyl sites for hydroxylation is 1. The van der Waals surface area contributed by atoms with Gasteiger partial charge in [-0.15, -0.1) is 11.3 Å². The normalized spacial score (nSPS) is 17.2. The molecule has 4 rings (SSSR count). The van der Waals surface area contributed by atoms with Gasteiger partial charge in [0.1, 0.15) is 4.83 Å². The highest BCUT2D eigenvalue weighted by Crippen LogP contribution is 2.36. The average Bonchev–Trinajstić information content (AvgIpc) is 2.90. The fourth-order valence-electron chi connectivity index (χ4n) is 3.18. The average molecular weight is 377 g/mol. The van der Waals surface area contributed by atoms with E-state index in [2.05, 4.69) is 11.9 Å². The molecular weight excluding hydrogens is 360 g/mol. The van der Waals surface area contributed by atoms with Crippen molar-refractivity contribution in [1.82, 2.24) is 9.97 Å². The monoisotopic (exact) mass is 376 g/mol. The van der Waals surface area contributed by atoms with E-state index in [1.54, 1.807) is 11.3 Å². The molecule has 1 aliphatic rings. The summed E-state index contributed by atoms with van der Waals surface area (Å²) in [7, 11) is 0. The van der Waals surface area contributed by atoms with E-state index in [-0.39, 0.29) is 5.56 Å². The highest BCUT2D eigenvalue weighted by molar-refractivity contribution is 7.98. The molecule has 2 heterocycles. The van der Waals surface area contributed by atoms with Crippen molar-refractivity contribution in [3.8, 4) is 0 Å². The molecule has 1 aliphatic carbocycles. The van der Waals surface area contributed by atoms with Crippen molar-refractivity contribution >= 4 is 44.9 Å². The lowest BCUT2D eigenvalue weighted by Crippen LogP contribution is -2.13. The van der Waals surface area contributed by atoms with Crippen LogP contribution in [0.15, 0.2) is 34.2 Å². The number of hydrogen-bond acceptors (Lipinski definition) is 4. The minimum absolute atomic E-state index is 0.000599. The minimum atomic E-state index is 0.000599. The van der Waals surface area contributed by atoms with Gasteiger partial charge in [0.2, 0.25) is 0 Å². The minimum Gasteiger partial charge on any atom is -0.301 e. The molecule has 6 heteroatoms. The Hall–Kier alpha value is -1.30. The maximum Gasteiger partial charge on any atom is 0.260 e. The second-order valence-corrected chi connectivity index (χ2v) is 8.81. The van der Waals surface area contributed by atoms with Crippen LogP contribution in [-0.4, -0.2) is 9.97 Å². The Kier molecular flexibility index (Phi) is 4.41. The molecular formula is C18H17ClN2OS2. The molecule has 2 aromatic heterocycles. The first-order valence-electron chi connectivity index (χ1n) is 8.02. The van der Waals surface area contributed by atoms with E-state index in [4.69, 9.17) is 16.6 Å². The van der Waals surface area contributed by atoms with Crippen LogP contribution in [0.4, 0.5) is 0 Å². The lowest BCUT2D eigenvalue weighted by atomic mass is 9.89. The van der Waals surface area contributed by atoms with E-state index in [9.17, 15) is 4.79 Å². The van der Waals surface area contributed by atoms with Crippen LogP contribution in [0.1, 0.15) is 29.3 Å². The van der Waals surface area contributed by atoms with Gasteiger partial charge < -0.3 is 4.98 Å². The Labute approximate surface area is 153 Å². The van der Waals surface area contributed by atoms with Crippen LogP contribution in [0.25, 0.3) is 10.2 Å². The maximum absolute atomic E-state index is 12.6. The van der Waals surface area contributed by atoms with Crippen molar-refractivity contribution in [2.75, 3.05) is 0 Å². The third-order valence-electron chi connectivity index (χ3n) is 4.41. The van der Waals surface area contributed by atoms with E-state index < -0.39 is 0 Å². The van der Waals surface area contributed by atoms with E-state index in [1.807, 2.05) is 24.3 Å². The molecule has 124 valence electrons.